The van der Waals surface area contributed by atoms with Crippen molar-refractivity contribution in [1.82, 2.24) is 20.2 Å². The standard InChI is InChI=1S/C19H32N4O2/c1-19-9-12-21(2)17(19)22(3)16-8-7-14(13-15(16)19)25-18(24)20-23-10-5-4-6-11-23/h8,14-15,17H,4-7,9-13H2,1-3H3,(H,20,24). The third kappa shape index (κ3) is 2.93. The van der Waals surface area contributed by atoms with E-state index in [1.165, 1.54) is 18.5 Å². The number of rotatable bonds is 2. The first-order valence-corrected chi connectivity index (χ1v) is 9.84. The second-order valence-corrected chi connectivity index (χ2v) is 8.56. The number of hydrazine groups is 1. The highest BCUT2D eigenvalue weighted by Gasteiger charge is 2.58. The third-order valence-corrected chi connectivity index (χ3v) is 6.91. The SMILES string of the molecule is CN1CCC2(C)C3CC(OC(=O)NN4CCCCC4)CC=C3N(C)C12. The summed E-state index contributed by atoms with van der Waals surface area (Å²) < 4.78 is 5.79. The molecular formula is C19H32N4O2. The van der Waals surface area contributed by atoms with Gasteiger partial charge < -0.3 is 9.64 Å². The Morgan fingerprint density at radius 3 is 2.76 bits per heavy atom. The molecule has 1 N–H and O–H groups in total. The first-order chi connectivity index (χ1) is 12.0. The molecule has 1 aliphatic carbocycles. The summed E-state index contributed by atoms with van der Waals surface area (Å²) in [5.74, 6) is 0.494. The normalized spacial score (nSPS) is 38.9. The van der Waals surface area contributed by atoms with Crippen LogP contribution in [0.15, 0.2) is 11.8 Å². The minimum atomic E-state index is -0.277. The molecule has 0 bridgehead atoms. The van der Waals surface area contributed by atoms with E-state index in [0.717, 1.165) is 45.3 Å². The van der Waals surface area contributed by atoms with Crippen molar-refractivity contribution >= 4 is 6.09 Å². The first kappa shape index (κ1) is 17.2. The van der Waals surface area contributed by atoms with Gasteiger partial charge >= 0.3 is 6.09 Å². The predicted octanol–water partition coefficient (Wildman–Crippen LogP) is 2.39. The summed E-state index contributed by atoms with van der Waals surface area (Å²) in [4.78, 5) is 17.2. The van der Waals surface area contributed by atoms with Crippen LogP contribution >= 0.6 is 0 Å². The molecule has 0 aromatic heterocycles. The Hall–Kier alpha value is -1.27. The monoisotopic (exact) mass is 348 g/mol. The van der Waals surface area contributed by atoms with E-state index >= 15 is 0 Å². The number of ether oxygens (including phenoxy) is 1. The Morgan fingerprint density at radius 1 is 1.24 bits per heavy atom. The number of allylic oxidation sites excluding steroid dienone is 1. The average molecular weight is 348 g/mol. The second kappa shape index (κ2) is 6.47. The third-order valence-electron chi connectivity index (χ3n) is 6.91. The second-order valence-electron chi connectivity index (χ2n) is 8.56. The van der Waals surface area contributed by atoms with Gasteiger partial charge in [0.25, 0.3) is 0 Å². The van der Waals surface area contributed by atoms with Crippen LogP contribution in [0.2, 0.25) is 0 Å². The van der Waals surface area contributed by atoms with E-state index in [9.17, 15) is 4.79 Å². The van der Waals surface area contributed by atoms with E-state index in [2.05, 4.69) is 42.3 Å². The molecule has 4 atom stereocenters. The van der Waals surface area contributed by atoms with Gasteiger partial charge in [0.15, 0.2) is 0 Å². The fourth-order valence-corrected chi connectivity index (χ4v) is 5.69. The van der Waals surface area contributed by atoms with Crippen LogP contribution in [0.4, 0.5) is 4.79 Å². The zero-order valence-electron chi connectivity index (χ0n) is 15.8. The van der Waals surface area contributed by atoms with Crippen molar-refractivity contribution in [3.63, 3.8) is 0 Å². The van der Waals surface area contributed by atoms with Crippen LogP contribution in [0.5, 0.6) is 0 Å². The van der Waals surface area contributed by atoms with Gasteiger partial charge in [-0.25, -0.2) is 9.80 Å². The molecular weight excluding hydrogens is 316 g/mol. The lowest BCUT2D eigenvalue weighted by Crippen LogP contribution is -2.46. The van der Waals surface area contributed by atoms with Gasteiger partial charge in [-0.3, -0.25) is 10.3 Å². The van der Waals surface area contributed by atoms with Crippen LogP contribution in [0, 0.1) is 11.3 Å². The maximum absolute atomic E-state index is 12.3. The van der Waals surface area contributed by atoms with E-state index < -0.39 is 0 Å². The number of hydrogen-bond donors (Lipinski definition) is 1. The van der Waals surface area contributed by atoms with Crippen LogP contribution in [-0.4, -0.2) is 66.9 Å². The molecule has 4 unspecified atom stereocenters. The Kier molecular flexibility index (Phi) is 4.44. The molecule has 1 amide bonds. The Bertz CT molecular complexity index is 560. The smallest absolute Gasteiger partial charge is 0.422 e. The number of amides is 1. The van der Waals surface area contributed by atoms with Crippen LogP contribution in [0.1, 0.15) is 45.4 Å². The highest BCUT2D eigenvalue weighted by atomic mass is 16.6. The molecule has 0 saturated carbocycles. The number of carbonyl (C=O) groups is 1. The number of nitrogens with zero attached hydrogens (tertiary/aromatic N) is 3. The molecule has 0 aromatic rings. The fraction of sp³-hybridized carbons (Fsp3) is 0.842. The molecule has 3 fully saturated rings. The molecule has 25 heavy (non-hydrogen) atoms. The van der Waals surface area contributed by atoms with Gasteiger partial charge in [0.05, 0.1) is 6.17 Å². The van der Waals surface area contributed by atoms with Crippen molar-refractivity contribution in [3.05, 3.63) is 11.8 Å². The van der Waals surface area contributed by atoms with Crippen LogP contribution in [-0.2, 0) is 4.74 Å². The molecule has 6 heteroatoms. The summed E-state index contributed by atoms with van der Waals surface area (Å²) in [5, 5.41) is 2.00. The Morgan fingerprint density at radius 2 is 2.00 bits per heavy atom. The first-order valence-electron chi connectivity index (χ1n) is 9.84. The summed E-state index contributed by atoms with van der Waals surface area (Å²) in [6.45, 7) is 5.43. The summed E-state index contributed by atoms with van der Waals surface area (Å²) in [6.07, 6.45) is 9.05. The molecule has 140 valence electrons. The van der Waals surface area contributed by atoms with Gasteiger partial charge in [0.1, 0.15) is 6.10 Å². The number of carbonyl (C=O) groups excluding carboxylic acids is 1. The van der Waals surface area contributed by atoms with E-state index in [0.29, 0.717) is 12.1 Å². The molecule has 3 saturated heterocycles. The van der Waals surface area contributed by atoms with Gasteiger partial charge in [0.2, 0.25) is 0 Å². The average Bonchev–Trinajstić information content (AvgIpc) is 3.01. The fourth-order valence-electron chi connectivity index (χ4n) is 5.69. The maximum atomic E-state index is 12.3. The summed E-state index contributed by atoms with van der Waals surface area (Å²) in [5.41, 5.74) is 4.65. The largest absolute Gasteiger partial charge is 0.445 e. The van der Waals surface area contributed by atoms with Gasteiger partial charge in [-0.2, -0.15) is 0 Å². The van der Waals surface area contributed by atoms with Gasteiger partial charge in [-0.15, -0.1) is 0 Å². The molecule has 0 spiro atoms. The highest BCUT2D eigenvalue weighted by molar-refractivity contribution is 5.66. The lowest BCUT2D eigenvalue weighted by molar-refractivity contribution is 0.0420. The Balaban J connectivity index is 1.39. The predicted molar refractivity (Wildman–Crippen MR) is 96.5 cm³/mol. The van der Waals surface area contributed by atoms with Gasteiger partial charge in [-0.1, -0.05) is 19.4 Å². The van der Waals surface area contributed by atoms with Gasteiger partial charge in [0, 0.05) is 50.1 Å². The molecule has 0 radical (unpaired) electrons. The number of likely N-dealkylation sites (tertiary alicyclic amines) is 2. The lowest BCUT2D eigenvalue weighted by atomic mass is 9.71. The van der Waals surface area contributed by atoms with Crippen molar-refractivity contribution in [3.8, 4) is 0 Å². The minimum Gasteiger partial charge on any atom is -0.445 e. The summed E-state index contributed by atoms with van der Waals surface area (Å²) in [7, 11) is 4.45. The van der Waals surface area contributed by atoms with E-state index in [1.54, 1.807) is 0 Å². The highest BCUT2D eigenvalue weighted by Crippen LogP contribution is 2.56. The molecule has 0 aromatic carbocycles. The number of piperidine rings is 1. The zero-order chi connectivity index (χ0) is 17.6. The van der Waals surface area contributed by atoms with Crippen molar-refractivity contribution in [1.29, 1.82) is 0 Å². The lowest BCUT2D eigenvalue weighted by Gasteiger charge is -2.34. The van der Waals surface area contributed by atoms with Gasteiger partial charge in [-0.05, 0) is 32.7 Å². The van der Waals surface area contributed by atoms with Crippen molar-refractivity contribution < 1.29 is 9.53 Å². The zero-order valence-corrected chi connectivity index (χ0v) is 15.8. The summed E-state index contributed by atoms with van der Waals surface area (Å²) >= 11 is 0. The molecule has 4 rings (SSSR count). The van der Waals surface area contributed by atoms with E-state index in [-0.39, 0.29) is 17.6 Å². The molecule has 6 nitrogen and oxygen atoms in total. The van der Waals surface area contributed by atoms with Crippen molar-refractivity contribution in [2.24, 2.45) is 11.3 Å². The van der Waals surface area contributed by atoms with Crippen LogP contribution in [0.25, 0.3) is 0 Å². The molecule has 3 heterocycles. The van der Waals surface area contributed by atoms with Crippen LogP contribution < -0.4 is 5.43 Å². The quantitative estimate of drug-likeness (QED) is 0.830. The number of fused-ring (bicyclic) bond motifs is 3. The summed E-state index contributed by atoms with van der Waals surface area (Å²) in [6, 6.07) is 0. The molecule has 3 aliphatic heterocycles. The van der Waals surface area contributed by atoms with E-state index in [1.807, 2.05) is 5.01 Å². The topological polar surface area (TPSA) is 48.1 Å². The van der Waals surface area contributed by atoms with Crippen molar-refractivity contribution in [2.45, 2.75) is 57.7 Å². The molecule has 4 aliphatic rings. The van der Waals surface area contributed by atoms with Crippen LogP contribution in [0.3, 0.4) is 0 Å². The Labute approximate surface area is 151 Å². The van der Waals surface area contributed by atoms with E-state index in [4.69, 9.17) is 4.74 Å². The number of hydrogen-bond acceptors (Lipinski definition) is 5. The number of nitrogens with one attached hydrogen (secondary N) is 1. The van der Waals surface area contributed by atoms with Crippen molar-refractivity contribution in [2.75, 3.05) is 33.7 Å². The maximum Gasteiger partial charge on any atom is 0.422 e. The minimum absolute atomic E-state index is 0.00609.